The number of esters is 3. The first-order valence-corrected chi connectivity index (χ1v) is 7.34. The number of benzene rings is 1. The largest absolute Gasteiger partial charge is 0.469 e. The Morgan fingerprint density at radius 2 is 1.60 bits per heavy atom. The molecule has 1 aromatic rings. The van der Waals surface area contributed by atoms with Gasteiger partial charge in [0.25, 0.3) is 0 Å². The summed E-state index contributed by atoms with van der Waals surface area (Å²) >= 11 is 5.75. The van der Waals surface area contributed by atoms with Crippen LogP contribution in [0.1, 0.15) is 16.8 Å². The lowest BCUT2D eigenvalue weighted by Crippen LogP contribution is -2.55. The summed E-state index contributed by atoms with van der Waals surface area (Å²) in [5.41, 5.74) is -2.82. The number of carbonyl (C=O) groups is 4. The number of aliphatic hydroxyl groups is 1. The van der Waals surface area contributed by atoms with Gasteiger partial charge < -0.3 is 19.3 Å². The van der Waals surface area contributed by atoms with E-state index in [1.807, 2.05) is 0 Å². The molecular weight excluding hydrogens is 356 g/mol. The maximum absolute atomic E-state index is 12.7. The minimum Gasteiger partial charge on any atom is -0.469 e. The lowest BCUT2D eigenvalue weighted by Gasteiger charge is -2.30. The zero-order chi connectivity index (χ0) is 19.2. The molecule has 0 saturated carbocycles. The van der Waals surface area contributed by atoms with Crippen molar-refractivity contribution < 1.29 is 38.5 Å². The Morgan fingerprint density at radius 3 is 2.04 bits per heavy atom. The van der Waals surface area contributed by atoms with Crippen LogP contribution in [0.3, 0.4) is 0 Å². The number of Topliss-reactive ketones (excluding diaryl/α,β-unsaturated/α-hetero) is 1. The monoisotopic (exact) mass is 372 g/mol. The van der Waals surface area contributed by atoms with E-state index in [2.05, 4.69) is 14.2 Å². The molecule has 0 radical (unpaired) electrons. The first-order valence-electron chi connectivity index (χ1n) is 6.96. The van der Waals surface area contributed by atoms with Crippen LogP contribution in [0, 0.1) is 5.92 Å². The van der Waals surface area contributed by atoms with Crippen LogP contribution in [0.15, 0.2) is 24.3 Å². The summed E-state index contributed by atoms with van der Waals surface area (Å²) in [6.45, 7) is 0. The highest BCUT2D eigenvalue weighted by molar-refractivity contribution is 6.30. The van der Waals surface area contributed by atoms with Crippen molar-refractivity contribution in [3.8, 4) is 0 Å². The molecule has 0 saturated heterocycles. The molecule has 1 aromatic carbocycles. The number of hydrogen-bond donors (Lipinski definition) is 1. The topological polar surface area (TPSA) is 116 Å². The fourth-order valence-electron chi connectivity index (χ4n) is 2.18. The molecule has 0 spiro atoms. The molecule has 2 unspecified atom stereocenters. The van der Waals surface area contributed by atoms with Crippen molar-refractivity contribution in [3.05, 3.63) is 34.9 Å². The van der Waals surface area contributed by atoms with Crippen molar-refractivity contribution in [1.82, 2.24) is 0 Å². The SMILES string of the molecule is COC(=O)CC(O)(C(=O)OC)C(C(=O)OC)C(=O)c1ccc(Cl)cc1. The third kappa shape index (κ3) is 4.55. The van der Waals surface area contributed by atoms with E-state index in [1.54, 1.807) is 0 Å². The van der Waals surface area contributed by atoms with Crippen LogP contribution in [-0.2, 0) is 28.6 Å². The average molecular weight is 373 g/mol. The molecular formula is C16H17ClO8. The molecule has 0 aliphatic carbocycles. The van der Waals surface area contributed by atoms with Crippen LogP contribution in [0.2, 0.25) is 5.02 Å². The Hall–Kier alpha value is -2.45. The molecule has 1 N–H and O–H groups in total. The van der Waals surface area contributed by atoms with E-state index in [0.717, 1.165) is 21.3 Å². The van der Waals surface area contributed by atoms with E-state index in [0.29, 0.717) is 5.02 Å². The maximum Gasteiger partial charge on any atom is 0.339 e. The number of rotatable bonds is 7. The summed E-state index contributed by atoms with van der Waals surface area (Å²) in [5, 5.41) is 11.0. The third-order valence-electron chi connectivity index (χ3n) is 3.49. The van der Waals surface area contributed by atoms with Gasteiger partial charge in [0, 0.05) is 10.6 Å². The zero-order valence-corrected chi connectivity index (χ0v) is 14.5. The molecule has 0 aromatic heterocycles. The van der Waals surface area contributed by atoms with Crippen LogP contribution in [-0.4, -0.2) is 55.7 Å². The molecule has 1 rings (SSSR count). The minimum absolute atomic E-state index is 0.0213. The quantitative estimate of drug-likeness (QED) is 0.323. The maximum atomic E-state index is 12.7. The van der Waals surface area contributed by atoms with E-state index in [-0.39, 0.29) is 5.56 Å². The number of methoxy groups -OCH3 is 3. The van der Waals surface area contributed by atoms with E-state index in [1.165, 1.54) is 24.3 Å². The van der Waals surface area contributed by atoms with Crippen molar-refractivity contribution in [2.45, 2.75) is 12.0 Å². The van der Waals surface area contributed by atoms with Gasteiger partial charge in [-0.15, -0.1) is 0 Å². The summed E-state index contributed by atoms with van der Waals surface area (Å²) < 4.78 is 13.4. The second kappa shape index (κ2) is 8.59. The zero-order valence-electron chi connectivity index (χ0n) is 13.8. The van der Waals surface area contributed by atoms with Gasteiger partial charge in [-0.05, 0) is 24.3 Å². The van der Waals surface area contributed by atoms with Crippen molar-refractivity contribution >= 4 is 35.3 Å². The van der Waals surface area contributed by atoms with E-state index in [9.17, 15) is 24.3 Å². The van der Waals surface area contributed by atoms with Gasteiger partial charge in [-0.25, -0.2) is 4.79 Å². The molecule has 0 amide bonds. The predicted molar refractivity (Wildman–Crippen MR) is 84.9 cm³/mol. The standard InChI is InChI=1S/C16H17ClO8/c1-23-11(18)8-16(22,15(21)25-3)12(14(20)24-2)13(19)9-4-6-10(17)7-5-9/h4-7,12,22H,8H2,1-3H3. The lowest BCUT2D eigenvalue weighted by atomic mass is 9.79. The molecule has 2 atom stereocenters. The summed E-state index contributed by atoms with van der Waals surface area (Å²) in [4.78, 5) is 48.5. The Bertz CT molecular complexity index is 669. The van der Waals surface area contributed by atoms with Crippen LogP contribution in [0.4, 0.5) is 0 Å². The highest BCUT2D eigenvalue weighted by atomic mass is 35.5. The minimum atomic E-state index is -2.80. The number of ketones is 1. The van der Waals surface area contributed by atoms with Crippen LogP contribution >= 0.6 is 11.6 Å². The van der Waals surface area contributed by atoms with Crippen molar-refractivity contribution in [2.24, 2.45) is 5.92 Å². The third-order valence-corrected chi connectivity index (χ3v) is 3.74. The molecule has 25 heavy (non-hydrogen) atoms. The highest BCUT2D eigenvalue weighted by Crippen LogP contribution is 2.29. The molecule has 0 aliphatic rings. The smallest absolute Gasteiger partial charge is 0.339 e. The Kier molecular flexibility index (Phi) is 7.08. The molecule has 0 fully saturated rings. The van der Waals surface area contributed by atoms with E-state index >= 15 is 0 Å². The summed E-state index contributed by atoms with van der Waals surface area (Å²) in [7, 11) is 2.93. The summed E-state index contributed by atoms with van der Waals surface area (Å²) in [6.07, 6.45) is -0.977. The fraction of sp³-hybridized carbons (Fsp3) is 0.375. The van der Waals surface area contributed by atoms with Gasteiger partial charge >= 0.3 is 17.9 Å². The Balaban J connectivity index is 3.44. The van der Waals surface area contributed by atoms with Crippen molar-refractivity contribution in [2.75, 3.05) is 21.3 Å². The number of halogens is 1. The number of ether oxygens (including phenoxy) is 3. The van der Waals surface area contributed by atoms with E-state index < -0.39 is 41.6 Å². The normalized spacial score (nSPS) is 14.0. The second-order valence-corrected chi connectivity index (χ2v) is 5.43. The van der Waals surface area contributed by atoms with Gasteiger partial charge in [-0.2, -0.15) is 0 Å². The number of hydrogen-bond acceptors (Lipinski definition) is 8. The summed E-state index contributed by atoms with van der Waals surface area (Å²) in [5.74, 6) is -6.57. The van der Waals surface area contributed by atoms with Gasteiger partial charge in [0.15, 0.2) is 17.3 Å². The lowest BCUT2D eigenvalue weighted by molar-refractivity contribution is -0.179. The van der Waals surface area contributed by atoms with Gasteiger partial charge in [0.1, 0.15) is 0 Å². The molecule has 0 bridgehead atoms. The first-order chi connectivity index (χ1) is 11.7. The molecule has 8 nitrogen and oxygen atoms in total. The fourth-order valence-corrected chi connectivity index (χ4v) is 2.30. The van der Waals surface area contributed by atoms with Gasteiger partial charge in [0.05, 0.1) is 27.8 Å². The van der Waals surface area contributed by atoms with Crippen molar-refractivity contribution in [1.29, 1.82) is 0 Å². The average Bonchev–Trinajstić information content (AvgIpc) is 2.60. The van der Waals surface area contributed by atoms with Crippen LogP contribution in [0.5, 0.6) is 0 Å². The molecule has 9 heteroatoms. The van der Waals surface area contributed by atoms with Crippen LogP contribution < -0.4 is 0 Å². The molecule has 0 aliphatic heterocycles. The van der Waals surface area contributed by atoms with Crippen molar-refractivity contribution in [3.63, 3.8) is 0 Å². The Labute approximate surface area is 148 Å². The number of carbonyl (C=O) groups excluding carboxylic acids is 4. The molecule has 0 heterocycles. The van der Waals surface area contributed by atoms with Crippen LogP contribution in [0.25, 0.3) is 0 Å². The van der Waals surface area contributed by atoms with Gasteiger partial charge in [-0.1, -0.05) is 11.6 Å². The van der Waals surface area contributed by atoms with E-state index in [4.69, 9.17) is 11.6 Å². The van der Waals surface area contributed by atoms with Gasteiger partial charge in [0.2, 0.25) is 0 Å². The predicted octanol–water partition coefficient (Wildman–Crippen LogP) is 0.779. The first kappa shape index (κ1) is 20.6. The highest BCUT2D eigenvalue weighted by Gasteiger charge is 2.55. The molecule has 136 valence electrons. The second-order valence-electron chi connectivity index (χ2n) is 5.00. The Morgan fingerprint density at radius 1 is 1.04 bits per heavy atom. The van der Waals surface area contributed by atoms with Gasteiger partial charge in [-0.3, -0.25) is 14.4 Å². The summed E-state index contributed by atoms with van der Waals surface area (Å²) in [6, 6.07) is 5.38.